The van der Waals surface area contributed by atoms with Crippen LogP contribution in [-0.4, -0.2) is 41.0 Å². The molecular weight excluding hydrogens is 398 g/mol. The smallest absolute Gasteiger partial charge is 0.303 e. The van der Waals surface area contributed by atoms with Crippen molar-refractivity contribution in [1.82, 2.24) is 9.78 Å². The Balaban J connectivity index is 1.63. The second kappa shape index (κ2) is 10.4. The lowest BCUT2D eigenvalue weighted by Gasteiger charge is -2.23. The summed E-state index contributed by atoms with van der Waals surface area (Å²) in [6, 6.07) is 9.19. The molecule has 8 heteroatoms. The number of carbonyl (C=O) groups excluding carboxylic acids is 2. The molecule has 3 rings (SSSR count). The van der Waals surface area contributed by atoms with E-state index in [-0.39, 0.29) is 18.6 Å². The lowest BCUT2D eigenvalue weighted by molar-refractivity contribution is -0.148. The summed E-state index contributed by atoms with van der Waals surface area (Å²) >= 11 is 0. The van der Waals surface area contributed by atoms with E-state index in [4.69, 9.17) is 14.2 Å². The maximum atomic E-state index is 12.5. The number of rotatable bonds is 8. The van der Waals surface area contributed by atoms with Crippen molar-refractivity contribution in [2.75, 3.05) is 12.4 Å². The average Bonchev–Trinajstić information content (AvgIpc) is 3.16. The van der Waals surface area contributed by atoms with Crippen LogP contribution in [-0.2, 0) is 32.7 Å². The molecule has 1 aliphatic carbocycles. The second-order valence-electron chi connectivity index (χ2n) is 6.86. The van der Waals surface area contributed by atoms with E-state index in [2.05, 4.69) is 10.4 Å². The van der Waals surface area contributed by atoms with E-state index in [1.165, 1.54) is 13.0 Å². The van der Waals surface area contributed by atoms with Crippen molar-refractivity contribution in [3.05, 3.63) is 78.0 Å². The predicted molar refractivity (Wildman–Crippen MR) is 115 cm³/mol. The Kier molecular flexibility index (Phi) is 7.40. The first kappa shape index (κ1) is 22.0. The molecule has 0 saturated heterocycles. The van der Waals surface area contributed by atoms with Crippen molar-refractivity contribution in [1.29, 1.82) is 0 Å². The first-order valence-electron chi connectivity index (χ1n) is 9.74. The van der Waals surface area contributed by atoms with Crippen molar-refractivity contribution in [2.45, 2.75) is 25.7 Å². The van der Waals surface area contributed by atoms with Gasteiger partial charge in [0.05, 0.1) is 6.20 Å². The van der Waals surface area contributed by atoms with Crippen LogP contribution in [0.4, 0.5) is 5.69 Å². The molecule has 0 spiro atoms. The van der Waals surface area contributed by atoms with Crippen LogP contribution in [0.1, 0.15) is 12.5 Å². The minimum Gasteiger partial charge on any atom is -0.473 e. The van der Waals surface area contributed by atoms with Crippen molar-refractivity contribution >= 4 is 17.6 Å². The molecule has 2 unspecified atom stereocenters. The highest BCUT2D eigenvalue weighted by Crippen LogP contribution is 2.20. The fourth-order valence-corrected chi connectivity index (χ4v) is 3.04. The zero-order valence-electron chi connectivity index (χ0n) is 17.6. The highest BCUT2D eigenvalue weighted by molar-refractivity contribution is 6.00. The molecule has 0 aliphatic heterocycles. The molecular formula is C23H25N3O5. The van der Waals surface area contributed by atoms with Gasteiger partial charge in [-0.15, -0.1) is 0 Å². The van der Waals surface area contributed by atoms with Crippen molar-refractivity contribution in [3.63, 3.8) is 0 Å². The van der Waals surface area contributed by atoms with Crippen LogP contribution >= 0.6 is 0 Å². The van der Waals surface area contributed by atoms with Gasteiger partial charge in [-0.25, -0.2) is 4.68 Å². The number of para-hydroxylation sites is 1. The third-order valence-corrected chi connectivity index (χ3v) is 4.59. The van der Waals surface area contributed by atoms with Crippen LogP contribution in [0.15, 0.2) is 72.5 Å². The van der Waals surface area contributed by atoms with Gasteiger partial charge in [0, 0.05) is 44.5 Å². The Morgan fingerprint density at radius 3 is 2.74 bits per heavy atom. The highest BCUT2D eigenvalue weighted by atomic mass is 16.6. The number of carbonyl (C=O) groups is 2. The van der Waals surface area contributed by atoms with E-state index in [0.29, 0.717) is 11.6 Å². The molecule has 1 aromatic carbocycles. The second-order valence-corrected chi connectivity index (χ2v) is 6.86. The number of amides is 1. The number of methoxy groups -OCH3 is 1. The summed E-state index contributed by atoms with van der Waals surface area (Å²) in [4.78, 5) is 23.8. The molecule has 31 heavy (non-hydrogen) atoms. The van der Waals surface area contributed by atoms with Gasteiger partial charge in [0.25, 0.3) is 0 Å². The van der Waals surface area contributed by atoms with Gasteiger partial charge < -0.3 is 19.5 Å². The van der Waals surface area contributed by atoms with E-state index in [0.717, 1.165) is 11.1 Å². The quantitative estimate of drug-likeness (QED) is 0.519. The normalized spacial score (nSPS) is 18.0. The molecule has 0 fully saturated rings. The fourth-order valence-electron chi connectivity index (χ4n) is 3.04. The van der Waals surface area contributed by atoms with E-state index < -0.39 is 12.1 Å². The van der Waals surface area contributed by atoms with Crippen LogP contribution < -0.4 is 10.1 Å². The van der Waals surface area contributed by atoms with Gasteiger partial charge in [-0.2, -0.15) is 5.10 Å². The zero-order valence-corrected chi connectivity index (χ0v) is 17.6. The lowest BCUT2D eigenvalue weighted by Crippen LogP contribution is -2.31. The maximum Gasteiger partial charge on any atom is 0.303 e. The summed E-state index contributed by atoms with van der Waals surface area (Å²) in [5, 5.41) is 6.93. The van der Waals surface area contributed by atoms with Crippen LogP contribution in [0.2, 0.25) is 0 Å². The molecule has 8 nitrogen and oxygen atoms in total. The minimum atomic E-state index is -0.542. The number of nitrogens with one attached hydrogen (secondary N) is 1. The number of allylic oxidation sites excluding steroid dienone is 3. The van der Waals surface area contributed by atoms with E-state index in [1.54, 1.807) is 49.3 Å². The Labute approximate surface area is 180 Å². The number of aryl methyl sites for hydroxylation is 1. The SMILES string of the molecule is COC1C=CC(/C=C/C(=O)Nc2ccccc2COc2ccnn2C)=CC1OC(C)=O. The average molecular weight is 423 g/mol. The van der Waals surface area contributed by atoms with Gasteiger partial charge in [0.2, 0.25) is 11.8 Å². The van der Waals surface area contributed by atoms with E-state index in [1.807, 2.05) is 30.3 Å². The maximum absolute atomic E-state index is 12.5. The van der Waals surface area contributed by atoms with E-state index in [9.17, 15) is 9.59 Å². The zero-order chi connectivity index (χ0) is 22.2. The number of benzene rings is 1. The first-order valence-corrected chi connectivity index (χ1v) is 9.74. The van der Waals surface area contributed by atoms with Crippen LogP contribution in [0.25, 0.3) is 0 Å². The minimum absolute atomic E-state index is 0.288. The molecule has 2 atom stereocenters. The summed E-state index contributed by atoms with van der Waals surface area (Å²) < 4.78 is 18.0. The summed E-state index contributed by atoms with van der Waals surface area (Å²) in [6.07, 6.45) is 9.18. The molecule has 0 radical (unpaired) electrons. The molecule has 2 aromatic rings. The van der Waals surface area contributed by atoms with Crippen LogP contribution in [0.5, 0.6) is 5.88 Å². The summed E-state index contributed by atoms with van der Waals surface area (Å²) in [7, 11) is 3.34. The number of hydrogen-bond donors (Lipinski definition) is 1. The molecule has 1 N–H and O–H groups in total. The topological polar surface area (TPSA) is 91.7 Å². The van der Waals surface area contributed by atoms with Crippen LogP contribution in [0.3, 0.4) is 0 Å². The molecule has 0 saturated carbocycles. The molecule has 1 amide bonds. The number of hydrogen-bond acceptors (Lipinski definition) is 6. The molecule has 1 heterocycles. The monoisotopic (exact) mass is 423 g/mol. The van der Waals surface area contributed by atoms with Gasteiger partial charge >= 0.3 is 5.97 Å². The Bertz CT molecular complexity index is 1020. The third kappa shape index (κ3) is 6.16. The number of ether oxygens (including phenoxy) is 3. The molecule has 1 aliphatic rings. The van der Waals surface area contributed by atoms with Gasteiger partial charge in [0.1, 0.15) is 12.7 Å². The van der Waals surface area contributed by atoms with Gasteiger partial charge in [-0.1, -0.05) is 30.4 Å². The predicted octanol–water partition coefficient (Wildman–Crippen LogP) is 2.94. The Morgan fingerprint density at radius 2 is 2.03 bits per heavy atom. The van der Waals surface area contributed by atoms with Crippen molar-refractivity contribution in [2.24, 2.45) is 7.05 Å². The largest absolute Gasteiger partial charge is 0.473 e. The highest BCUT2D eigenvalue weighted by Gasteiger charge is 2.22. The van der Waals surface area contributed by atoms with Crippen LogP contribution in [0, 0.1) is 0 Å². The number of esters is 1. The van der Waals surface area contributed by atoms with Crippen molar-refractivity contribution in [3.8, 4) is 5.88 Å². The molecule has 1 aromatic heterocycles. The molecule has 0 bridgehead atoms. The number of nitrogens with zero attached hydrogens (tertiary/aromatic N) is 2. The number of anilines is 1. The fraction of sp³-hybridized carbons (Fsp3) is 0.261. The Hall–Kier alpha value is -3.65. The standard InChI is InChI=1S/C23H25N3O5/c1-16(27)31-21-14-17(8-10-20(21)29-3)9-11-22(28)25-19-7-5-4-6-18(19)15-30-23-12-13-24-26(23)2/h4-14,20-21H,15H2,1-3H3,(H,25,28)/b11-9+. The summed E-state index contributed by atoms with van der Waals surface area (Å²) in [6.45, 7) is 1.63. The number of aromatic nitrogens is 2. The van der Waals surface area contributed by atoms with Crippen molar-refractivity contribution < 1.29 is 23.8 Å². The van der Waals surface area contributed by atoms with E-state index >= 15 is 0 Å². The van der Waals surface area contributed by atoms with Gasteiger partial charge in [-0.05, 0) is 23.8 Å². The summed E-state index contributed by atoms with van der Waals surface area (Å²) in [5.41, 5.74) is 2.23. The summed E-state index contributed by atoms with van der Waals surface area (Å²) in [5.74, 6) is -0.0569. The first-order chi connectivity index (χ1) is 15.0. The van der Waals surface area contributed by atoms with Gasteiger partial charge in [0.15, 0.2) is 6.10 Å². The van der Waals surface area contributed by atoms with Gasteiger partial charge in [-0.3, -0.25) is 9.59 Å². The third-order valence-electron chi connectivity index (χ3n) is 4.59. The Morgan fingerprint density at radius 1 is 1.23 bits per heavy atom. The molecule has 162 valence electrons. The lowest BCUT2D eigenvalue weighted by atomic mass is 10.0.